The smallest absolute Gasteiger partial charge is 0.214 e. The molecule has 6 nitrogen and oxygen atoms in total. The summed E-state index contributed by atoms with van der Waals surface area (Å²) in [5, 5.41) is 12.1. The first-order chi connectivity index (χ1) is 12.1. The van der Waals surface area contributed by atoms with Crippen molar-refractivity contribution >= 4 is 17.5 Å². The molecular formula is C18H18N4O2S. The third kappa shape index (κ3) is 3.71. The molecule has 0 saturated carbocycles. The minimum atomic E-state index is -0.317. The molecular weight excluding hydrogens is 336 g/mol. The van der Waals surface area contributed by atoms with E-state index in [4.69, 9.17) is 4.74 Å². The molecule has 0 saturated heterocycles. The number of nitrogens with zero attached hydrogens (tertiary/aromatic N) is 4. The maximum atomic E-state index is 12.6. The van der Waals surface area contributed by atoms with Gasteiger partial charge in [0.1, 0.15) is 11.4 Å². The van der Waals surface area contributed by atoms with Gasteiger partial charge in [0.15, 0.2) is 5.78 Å². The van der Waals surface area contributed by atoms with Gasteiger partial charge in [0.05, 0.1) is 12.4 Å². The van der Waals surface area contributed by atoms with Crippen molar-refractivity contribution in [3.05, 3.63) is 59.7 Å². The summed E-state index contributed by atoms with van der Waals surface area (Å²) in [6.45, 7) is 3.85. The van der Waals surface area contributed by atoms with Gasteiger partial charge in [-0.15, -0.1) is 5.10 Å². The molecule has 1 unspecified atom stereocenters. The number of thioether (sulfide) groups is 1. The Hall–Kier alpha value is -2.67. The molecule has 1 heterocycles. The van der Waals surface area contributed by atoms with E-state index in [0.29, 0.717) is 16.5 Å². The molecule has 3 rings (SSSR count). The van der Waals surface area contributed by atoms with Crippen molar-refractivity contribution in [2.24, 2.45) is 0 Å². The fraction of sp³-hybridized carbons (Fsp3) is 0.222. The van der Waals surface area contributed by atoms with Gasteiger partial charge in [-0.3, -0.25) is 4.79 Å². The predicted molar refractivity (Wildman–Crippen MR) is 96.5 cm³/mol. The number of hydrogen-bond donors (Lipinski definition) is 0. The summed E-state index contributed by atoms with van der Waals surface area (Å²) < 4.78 is 6.95. The van der Waals surface area contributed by atoms with Crippen LogP contribution in [0.3, 0.4) is 0 Å². The molecule has 0 aliphatic rings. The van der Waals surface area contributed by atoms with Gasteiger partial charge in [0.2, 0.25) is 5.16 Å². The summed E-state index contributed by atoms with van der Waals surface area (Å²) in [6, 6.07) is 15.0. The van der Waals surface area contributed by atoms with E-state index in [2.05, 4.69) is 15.5 Å². The normalized spacial score (nSPS) is 12.0. The Morgan fingerprint density at radius 2 is 1.88 bits per heavy atom. The maximum Gasteiger partial charge on any atom is 0.214 e. The molecule has 1 atom stereocenters. The zero-order valence-corrected chi connectivity index (χ0v) is 15.0. The van der Waals surface area contributed by atoms with Crippen LogP contribution in [0, 0.1) is 6.92 Å². The number of rotatable bonds is 6. The Bertz CT molecular complexity index is 877. The molecule has 128 valence electrons. The number of para-hydroxylation sites is 2. The number of ketones is 1. The zero-order valence-electron chi connectivity index (χ0n) is 14.2. The first kappa shape index (κ1) is 17.2. The minimum absolute atomic E-state index is 0.0413. The monoisotopic (exact) mass is 354 g/mol. The summed E-state index contributed by atoms with van der Waals surface area (Å²) in [5.74, 6) is 0.703. The van der Waals surface area contributed by atoms with Crippen LogP contribution in [-0.4, -0.2) is 38.4 Å². The number of methoxy groups -OCH3 is 1. The largest absolute Gasteiger partial charge is 0.494 e. The van der Waals surface area contributed by atoms with Crippen LogP contribution in [-0.2, 0) is 0 Å². The Labute approximate surface area is 150 Å². The van der Waals surface area contributed by atoms with Crippen LogP contribution in [0.25, 0.3) is 5.69 Å². The lowest BCUT2D eigenvalue weighted by Crippen LogP contribution is -2.14. The number of carbonyl (C=O) groups is 1. The summed E-state index contributed by atoms with van der Waals surface area (Å²) in [4.78, 5) is 12.6. The quantitative estimate of drug-likeness (QED) is 0.499. The van der Waals surface area contributed by atoms with Crippen molar-refractivity contribution in [1.82, 2.24) is 20.2 Å². The van der Waals surface area contributed by atoms with Crippen LogP contribution in [0.5, 0.6) is 5.75 Å². The van der Waals surface area contributed by atoms with Crippen molar-refractivity contribution < 1.29 is 9.53 Å². The topological polar surface area (TPSA) is 69.9 Å². The summed E-state index contributed by atoms with van der Waals surface area (Å²) in [7, 11) is 1.60. The third-order valence-electron chi connectivity index (χ3n) is 3.74. The van der Waals surface area contributed by atoms with E-state index in [1.807, 2.05) is 62.4 Å². The number of tetrazole rings is 1. The predicted octanol–water partition coefficient (Wildman–Crippen LogP) is 3.34. The molecule has 0 radical (unpaired) electrons. The van der Waals surface area contributed by atoms with Gasteiger partial charge in [0.25, 0.3) is 0 Å². The second-order valence-electron chi connectivity index (χ2n) is 5.54. The molecule has 0 N–H and O–H groups in total. The van der Waals surface area contributed by atoms with Crippen LogP contribution >= 0.6 is 11.8 Å². The lowest BCUT2D eigenvalue weighted by atomic mass is 10.1. The molecule has 0 aliphatic heterocycles. The molecule has 25 heavy (non-hydrogen) atoms. The molecule has 0 aliphatic carbocycles. The minimum Gasteiger partial charge on any atom is -0.494 e. The summed E-state index contributed by atoms with van der Waals surface area (Å²) in [6.07, 6.45) is 0. The number of Topliss-reactive ketones (excluding diaryl/α,β-unsaturated/α-hetero) is 1. The molecule has 0 spiro atoms. The van der Waals surface area contributed by atoms with E-state index in [0.717, 1.165) is 11.3 Å². The highest BCUT2D eigenvalue weighted by Gasteiger charge is 2.21. The number of benzene rings is 2. The average molecular weight is 354 g/mol. The summed E-state index contributed by atoms with van der Waals surface area (Å²) >= 11 is 1.32. The molecule has 2 aromatic carbocycles. The molecule has 0 bridgehead atoms. The van der Waals surface area contributed by atoms with Gasteiger partial charge in [-0.2, -0.15) is 4.68 Å². The van der Waals surface area contributed by atoms with Gasteiger partial charge < -0.3 is 4.74 Å². The van der Waals surface area contributed by atoms with E-state index < -0.39 is 0 Å². The molecule has 0 fully saturated rings. The average Bonchev–Trinajstić information content (AvgIpc) is 3.09. The van der Waals surface area contributed by atoms with E-state index >= 15 is 0 Å². The van der Waals surface area contributed by atoms with Crippen molar-refractivity contribution in [1.29, 1.82) is 0 Å². The van der Waals surface area contributed by atoms with E-state index in [9.17, 15) is 4.79 Å². The van der Waals surface area contributed by atoms with Crippen molar-refractivity contribution in [3.8, 4) is 11.4 Å². The Morgan fingerprint density at radius 3 is 2.60 bits per heavy atom. The van der Waals surface area contributed by atoms with Crippen molar-refractivity contribution in [2.45, 2.75) is 24.3 Å². The number of hydrogen-bond acceptors (Lipinski definition) is 6. The molecule has 1 aromatic heterocycles. The van der Waals surface area contributed by atoms with Crippen LogP contribution in [0.15, 0.2) is 53.7 Å². The molecule has 0 amide bonds. The first-order valence-electron chi connectivity index (χ1n) is 7.79. The third-order valence-corrected chi connectivity index (χ3v) is 4.77. The van der Waals surface area contributed by atoms with Crippen molar-refractivity contribution in [2.75, 3.05) is 7.11 Å². The first-order valence-corrected chi connectivity index (χ1v) is 8.67. The standard InChI is InChI=1S/C18H18N4O2S/c1-12-8-10-14(11-9-12)17(23)13(2)25-18-19-20-21-22(18)15-6-4-5-7-16(15)24-3/h4-11,13H,1-3H3. The zero-order chi connectivity index (χ0) is 17.8. The maximum absolute atomic E-state index is 12.6. The van der Waals surface area contributed by atoms with Gasteiger partial charge >= 0.3 is 0 Å². The lowest BCUT2D eigenvalue weighted by molar-refractivity contribution is 0.0994. The highest BCUT2D eigenvalue weighted by molar-refractivity contribution is 8.00. The van der Waals surface area contributed by atoms with Crippen LogP contribution in [0.2, 0.25) is 0 Å². The number of aromatic nitrogens is 4. The Balaban J connectivity index is 1.83. The highest BCUT2D eigenvalue weighted by atomic mass is 32.2. The van der Waals surface area contributed by atoms with Crippen LogP contribution in [0.1, 0.15) is 22.8 Å². The van der Waals surface area contributed by atoms with Gasteiger partial charge in [-0.05, 0) is 36.4 Å². The lowest BCUT2D eigenvalue weighted by Gasteiger charge is -2.12. The number of aryl methyl sites for hydroxylation is 1. The van der Waals surface area contributed by atoms with Gasteiger partial charge in [0, 0.05) is 5.56 Å². The Kier molecular flexibility index (Phi) is 5.14. The molecule has 7 heteroatoms. The van der Waals surface area contributed by atoms with E-state index in [1.165, 1.54) is 11.8 Å². The van der Waals surface area contributed by atoms with E-state index in [1.54, 1.807) is 11.8 Å². The highest BCUT2D eigenvalue weighted by Crippen LogP contribution is 2.28. The van der Waals surface area contributed by atoms with Gasteiger partial charge in [-0.1, -0.05) is 53.7 Å². The second-order valence-corrected chi connectivity index (χ2v) is 6.84. The second kappa shape index (κ2) is 7.48. The fourth-order valence-electron chi connectivity index (χ4n) is 2.37. The van der Waals surface area contributed by atoms with Crippen LogP contribution in [0.4, 0.5) is 0 Å². The SMILES string of the molecule is COc1ccccc1-n1nnnc1SC(C)C(=O)c1ccc(C)cc1. The van der Waals surface area contributed by atoms with Crippen LogP contribution < -0.4 is 4.74 Å². The summed E-state index contributed by atoms with van der Waals surface area (Å²) in [5.41, 5.74) is 2.53. The Morgan fingerprint density at radius 1 is 1.16 bits per heavy atom. The fourth-order valence-corrected chi connectivity index (χ4v) is 3.25. The number of carbonyl (C=O) groups excluding carboxylic acids is 1. The van der Waals surface area contributed by atoms with Gasteiger partial charge in [-0.25, -0.2) is 0 Å². The van der Waals surface area contributed by atoms with Crippen molar-refractivity contribution in [3.63, 3.8) is 0 Å². The number of ether oxygens (including phenoxy) is 1. The molecule has 3 aromatic rings. The van der Waals surface area contributed by atoms with E-state index in [-0.39, 0.29) is 11.0 Å².